The van der Waals surface area contributed by atoms with Crippen molar-refractivity contribution in [1.82, 2.24) is 14.8 Å². The minimum Gasteiger partial charge on any atom is -0.220 e. The molecule has 1 heterocycles. The molecule has 1 aromatic heterocycles. The molecule has 0 fully saturated rings. The van der Waals surface area contributed by atoms with E-state index in [1.54, 1.807) is 13.8 Å². The van der Waals surface area contributed by atoms with Crippen LogP contribution in [0.1, 0.15) is 32.1 Å². The minimum absolute atomic E-state index is 0.0218. The third kappa shape index (κ3) is 1.53. The van der Waals surface area contributed by atoms with E-state index in [1.807, 2.05) is 0 Å². The molecule has 1 aromatic rings. The second-order valence-electron chi connectivity index (χ2n) is 2.50. The third-order valence-corrected chi connectivity index (χ3v) is 1.30. The molecule has 0 aliphatic rings. The summed E-state index contributed by atoms with van der Waals surface area (Å²) in [7, 11) is 0. The van der Waals surface area contributed by atoms with Gasteiger partial charge >= 0.3 is 6.55 Å². The second-order valence-corrected chi connectivity index (χ2v) is 2.50. The highest BCUT2D eigenvalue weighted by molar-refractivity contribution is 4.91. The average molecular weight is 161 g/mol. The van der Waals surface area contributed by atoms with Gasteiger partial charge in [0.1, 0.15) is 12.2 Å². The Balaban J connectivity index is 2.96. The van der Waals surface area contributed by atoms with Crippen LogP contribution in [-0.4, -0.2) is 14.8 Å². The molecular weight excluding hydrogens is 152 g/mol. The number of hydrogen-bond acceptors (Lipinski definition) is 2. The Morgan fingerprint density at radius 2 is 2.09 bits per heavy atom. The Bertz CT molecular complexity index is 209. The molecule has 5 heteroatoms. The molecule has 0 saturated heterocycles. The van der Waals surface area contributed by atoms with Crippen LogP contribution in [0.15, 0.2) is 6.33 Å². The Kier molecular flexibility index (Phi) is 2.16. The number of hydrogen-bond donors (Lipinski definition) is 0. The molecule has 0 spiro atoms. The van der Waals surface area contributed by atoms with Gasteiger partial charge < -0.3 is 0 Å². The van der Waals surface area contributed by atoms with Gasteiger partial charge in [0.25, 0.3) is 0 Å². The van der Waals surface area contributed by atoms with Crippen molar-refractivity contribution in [2.75, 3.05) is 0 Å². The zero-order valence-electron chi connectivity index (χ0n) is 6.33. The van der Waals surface area contributed by atoms with E-state index >= 15 is 0 Å². The minimum atomic E-state index is -2.59. The molecule has 0 radical (unpaired) electrons. The van der Waals surface area contributed by atoms with Gasteiger partial charge in [0, 0.05) is 5.92 Å². The summed E-state index contributed by atoms with van der Waals surface area (Å²) >= 11 is 0. The van der Waals surface area contributed by atoms with E-state index in [9.17, 15) is 8.78 Å². The summed E-state index contributed by atoms with van der Waals surface area (Å²) in [6, 6.07) is 0. The van der Waals surface area contributed by atoms with Crippen LogP contribution >= 0.6 is 0 Å². The lowest BCUT2D eigenvalue weighted by molar-refractivity contribution is 0.0520. The van der Waals surface area contributed by atoms with Crippen LogP contribution in [0, 0.1) is 0 Å². The van der Waals surface area contributed by atoms with Crippen molar-refractivity contribution in [3.63, 3.8) is 0 Å². The Hall–Kier alpha value is -1.00. The van der Waals surface area contributed by atoms with E-state index in [2.05, 4.69) is 10.1 Å². The highest BCUT2D eigenvalue weighted by Crippen LogP contribution is 2.16. The molecule has 0 saturated carbocycles. The van der Waals surface area contributed by atoms with Crippen molar-refractivity contribution >= 4 is 0 Å². The number of halogens is 2. The summed E-state index contributed by atoms with van der Waals surface area (Å²) in [6.07, 6.45) is 1.14. The molecule has 0 unspecified atom stereocenters. The van der Waals surface area contributed by atoms with E-state index in [0.29, 0.717) is 10.5 Å². The lowest BCUT2D eigenvalue weighted by Gasteiger charge is -2.05. The third-order valence-electron chi connectivity index (χ3n) is 1.30. The van der Waals surface area contributed by atoms with Crippen LogP contribution in [0.3, 0.4) is 0 Å². The molecule has 0 atom stereocenters. The highest BCUT2D eigenvalue weighted by Gasteiger charge is 2.14. The highest BCUT2D eigenvalue weighted by atomic mass is 19.3. The van der Waals surface area contributed by atoms with Crippen LogP contribution in [0.25, 0.3) is 0 Å². The van der Waals surface area contributed by atoms with Gasteiger partial charge in [0.15, 0.2) is 0 Å². The average Bonchev–Trinajstić information content (AvgIpc) is 2.32. The first-order chi connectivity index (χ1) is 5.13. The van der Waals surface area contributed by atoms with Gasteiger partial charge in [0.05, 0.1) is 0 Å². The van der Waals surface area contributed by atoms with Crippen molar-refractivity contribution < 1.29 is 8.78 Å². The predicted molar refractivity (Wildman–Crippen MR) is 35.4 cm³/mol. The number of nitrogens with zero attached hydrogens (tertiary/aromatic N) is 3. The van der Waals surface area contributed by atoms with Crippen molar-refractivity contribution in [3.05, 3.63) is 12.2 Å². The largest absolute Gasteiger partial charge is 0.334 e. The fraction of sp³-hybridized carbons (Fsp3) is 0.667. The zero-order valence-corrected chi connectivity index (χ0v) is 6.33. The molecule has 1 rings (SSSR count). The summed E-state index contributed by atoms with van der Waals surface area (Å²) in [5.74, 6) is 0.298. The van der Waals surface area contributed by atoms with Gasteiger partial charge in [0.2, 0.25) is 0 Å². The van der Waals surface area contributed by atoms with Gasteiger partial charge in [-0.1, -0.05) is 13.8 Å². The van der Waals surface area contributed by atoms with Crippen LogP contribution in [0.5, 0.6) is 0 Å². The van der Waals surface area contributed by atoms with Crippen LogP contribution in [0.2, 0.25) is 0 Å². The normalized spacial score (nSPS) is 11.5. The van der Waals surface area contributed by atoms with Crippen LogP contribution < -0.4 is 0 Å². The molecule has 0 N–H and O–H groups in total. The molecule has 0 aromatic carbocycles. The first kappa shape index (κ1) is 8.10. The fourth-order valence-electron chi connectivity index (χ4n) is 0.823. The van der Waals surface area contributed by atoms with Gasteiger partial charge in [-0.2, -0.15) is 18.6 Å². The molecule has 11 heavy (non-hydrogen) atoms. The van der Waals surface area contributed by atoms with Crippen molar-refractivity contribution in [2.45, 2.75) is 26.3 Å². The first-order valence-electron chi connectivity index (χ1n) is 3.30. The van der Waals surface area contributed by atoms with E-state index in [1.165, 1.54) is 0 Å². The smallest absolute Gasteiger partial charge is 0.220 e. The van der Waals surface area contributed by atoms with E-state index in [-0.39, 0.29) is 5.92 Å². The molecule has 0 aliphatic carbocycles. The van der Waals surface area contributed by atoms with Crippen molar-refractivity contribution in [3.8, 4) is 0 Å². The fourth-order valence-corrected chi connectivity index (χ4v) is 0.823. The lowest BCUT2D eigenvalue weighted by Crippen LogP contribution is -2.07. The number of aromatic nitrogens is 3. The summed E-state index contributed by atoms with van der Waals surface area (Å²) in [5.41, 5.74) is 0. The molecule has 0 bridgehead atoms. The van der Waals surface area contributed by atoms with Gasteiger partial charge in [-0.05, 0) is 0 Å². The summed E-state index contributed by atoms with van der Waals surface area (Å²) < 4.78 is 24.8. The summed E-state index contributed by atoms with van der Waals surface area (Å²) in [6.45, 7) is 1.00. The van der Waals surface area contributed by atoms with Gasteiger partial charge in [-0.3, -0.25) is 0 Å². The van der Waals surface area contributed by atoms with Crippen molar-refractivity contribution in [1.29, 1.82) is 0 Å². The Morgan fingerprint density at radius 1 is 1.45 bits per heavy atom. The maximum Gasteiger partial charge on any atom is 0.334 e. The van der Waals surface area contributed by atoms with Crippen molar-refractivity contribution in [2.24, 2.45) is 0 Å². The molecule has 3 nitrogen and oxygen atoms in total. The van der Waals surface area contributed by atoms with Gasteiger partial charge in [-0.25, -0.2) is 4.98 Å². The molecular formula is C6H9F2N3. The van der Waals surface area contributed by atoms with E-state index in [0.717, 1.165) is 6.33 Å². The van der Waals surface area contributed by atoms with Crippen LogP contribution in [-0.2, 0) is 0 Å². The zero-order chi connectivity index (χ0) is 8.43. The topological polar surface area (TPSA) is 30.7 Å². The second kappa shape index (κ2) is 2.94. The summed E-state index contributed by atoms with van der Waals surface area (Å²) in [4.78, 5) is 3.71. The standard InChI is InChI=1S/C6H9F2N3/c1-4(2)5-9-3-10-11(5)6(7)8/h3-4,6H,1-2H3. The molecule has 0 amide bonds. The number of alkyl halides is 2. The molecule has 62 valence electrons. The first-order valence-corrected chi connectivity index (χ1v) is 3.30. The SMILES string of the molecule is CC(C)c1ncnn1C(F)F. The van der Waals surface area contributed by atoms with Gasteiger partial charge in [-0.15, -0.1) is 0 Å². The monoisotopic (exact) mass is 161 g/mol. The van der Waals surface area contributed by atoms with Crippen LogP contribution in [0.4, 0.5) is 8.78 Å². The lowest BCUT2D eigenvalue weighted by atomic mass is 10.2. The Labute approximate surface area is 63.0 Å². The summed E-state index contributed by atoms with van der Waals surface area (Å²) in [5, 5.41) is 3.39. The number of rotatable bonds is 2. The maximum atomic E-state index is 12.1. The van der Waals surface area contributed by atoms with E-state index in [4.69, 9.17) is 0 Å². The predicted octanol–water partition coefficient (Wildman–Crippen LogP) is 1.80. The molecule has 0 aliphatic heterocycles. The quantitative estimate of drug-likeness (QED) is 0.662. The Morgan fingerprint density at radius 3 is 2.45 bits per heavy atom. The maximum absolute atomic E-state index is 12.1. The van der Waals surface area contributed by atoms with E-state index < -0.39 is 6.55 Å².